The number of carbonyl (C=O) groups is 1. The lowest BCUT2D eigenvalue weighted by molar-refractivity contribution is 0.0641. The van der Waals surface area contributed by atoms with E-state index in [4.69, 9.17) is 4.74 Å². The van der Waals surface area contributed by atoms with E-state index in [2.05, 4.69) is 5.32 Å². The van der Waals surface area contributed by atoms with Crippen molar-refractivity contribution >= 4 is 17.2 Å². The van der Waals surface area contributed by atoms with Crippen LogP contribution in [0.5, 0.6) is 0 Å². The highest BCUT2D eigenvalue weighted by molar-refractivity contribution is 7.12. The third kappa shape index (κ3) is 4.80. The van der Waals surface area contributed by atoms with Crippen LogP contribution in [0.4, 0.5) is 0 Å². The summed E-state index contributed by atoms with van der Waals surface area (Å²) in [6, 6.07) is 1.93. The molecule has 0 radical (unpaired) electrons. The van der Waals surface area contributed by atoms with Crippen LogP contribution >= 0.6 is 11.3 Å². The second kappa shape index (κ2) is 8.51. The Kier molecular flexibility index (Phi) is 6.67. The fourth-order valence-electron chi connectivity index (χ4n) is 2.98. The molecule has 0 spiro atoms. The van der Waals surface area contributed by atoms with Crippen molar-refractivity contribution in [2.24, 2.45) is 5.92 Å². The Hall–Kier alpha value is -0.910. The standard InChI is InChI=1S/C16H25NO3S/c1-20-11-13-8-10-21-15(13)16(19)17-9-4-6-12-5-2-3-7-14(12)18/h8,10,12,14,18H,2-7,9,11H2,1H3,(H,17,19). The monoisotopic (exact) mass is 311 g/mol. The quantitative estimate of drug-likeness (QED) is 0.761. The predicted molar refractivity (Wildman–Crippen MR) is 84.6 cm³/mol. The van der Waals surface area contributed by atoms with Crippen LogP contribution in [-0.2, 0) is 11.3 Å². The van der Waals surface area contributed by atoms with Gasteiger partial charge in [0.25, 0.3) is 5.91 Å². The molecule has 2 rings (SSSR count). The third-order valence-electron chi connectivity index (χ3n) is 4.16. The molecule has 1 aromatic heterocycles. The largest absolute Gasteiger partial charge is 0.393 e. The average Bonchev–Trinajstić information content (AvgIpc) is 2.94. The smallest absolute Gasteiger partial charge is 0.261 e. The van der Waals surface area contributed by atoms with Crippen LogP contribution in [0.15, 0.2) is 11.4 Å². The first-order chi connectivity index (χ1) is 10.2. The molecule has 2 atom stereocenters. The molecule has 0 bridgehead atoms. The number of nitrogens with one attached hydrogen (secondary N) is 1. The van der Waals surface area contributed by atoms with Crippen LogP contribution in [0.3, 0.4) is 0 Å². The number of methoxy groups -OCH3 is 1. The van der Waals surface area contributed by atoms with Crippen LogP contribution < -0.4 is 5.32 Å². The highest BCUT2D eigenvalue weighted by atomic mass is 32.1. The number of amides is 1. The molecule has 5 heteroatoms. The normalized spacial score (nSPS) is 22.2. The van der Waals surface area contributed by atoms with Crippen LogP contribution in [0.25, 0.3) is 0 Å². The molecule has 1 saturated carbocycles. The summed E-state index contributed by atoms with van der Waals surface area (Å²) in [6.07, 6.45) is 6.22. The fourth-order valence-corrected chi connectivity index (χ4v) is 3.80. The van der Waals surface area contributed by atoms with Gasteiger partial charge in [0.15, 0.2) is 0 Å². The van der Waals surface area contributed by atoms with Gasteiger partial charge in [0, 0.05) is 19.2 Å². The van der Waals surface area contributed by atoms with Crippen LogP contribution in [0.2, 0.25) is 0 Å². The minimum Gasteiger partial charge on any atom is -0.393 e. The van der Waals surface area contributed by atoms with Crippen molar-refractivity contribution in [2.45, 2.75) is 51.2 Å². The lowest BCUT2D eigenvalue weighted by Crippen LogP contribution is -2.28. The highest BCUT2D eigenvalue weighted by Gasteiger charge is 2.22. The van der Waals surface area contributed by atoms with Crippen molar-refractivity contribution in [2.75, 3.05) is 13.7 Å². The van der Waals surface area contributed by atoms with Crippen LogP contribution in [0, 0.1) is 5.92 Å². The van der Waals surface area contributed by atoms with Gasteiger partial charge in [0.2, 0.25) is 0 Å². The summed E-state index contributed by atoms with van der Waals surface area (Å²) in [4.78, 5) is 12.9. The van der Waals surface area contributed by atoms with Gasteiger partial charge in [0.1, 0.15) is 0 Å². The van der Waals surface area contributed by atoms with Crippen molar-refractivity contribution in [1.82, 2.24) is 5.32 Å². The minimum absolute atomic E-state index is 0.0127. The Balaban J connectivity index is 1.70. The summed E-state index contributed by atoms with van der Waals surface area (Å²) in [7, 11) is 1.63. The van der Waals surface area contributed by atoms with Gasteiger partial charge in [-0.3, -0.25) is 4.79 Å². The van der Waals surface area contributed by atoms with Gasteiger partial charge in [-0.05, 0) is 43.0 Å². The van der Waals surface area contributed by atoms with Crippen LogP contribution in [0.1, 0.15) is 53.8 Å². The first-order valence-corrected chi connectivity index (χ1v) is 8.62. The van der Waals surface area contributed by atoms with Gasteiger partial charge in [-0.25, -0.2) is 0 Å². The van der Waals surface area contributed by atoms with E-state index in [1.54, 1.807) is 7.11 Å². The number of carbonyl (C=O) groups excluding carboxylic acids is 1. The second-order valence-electron chi connectivity index (χ2n) is 5.72. The maximum Gasteiger partial charge on any atom is 0.261 e. The number of ether oxygens (including phenoxy) is 1. The van der Waals surface area contributed by atoms with E-state index in [0.29, 0.717) is 19.1 Å². The van der Waals surface area contributed by atoms with E-state index in [-0.39, 0.29) is 12.0 Å². The molecule has 21 heavy (non-hydrogen) atoms. The Bertz CT molecular complexity index is 446. The number of rotatable bonds is 7. The molecule has 118 valence electrons. The summed E-state index contributed by atoms with van der Waals surface area (Å²) in [5.74, 6) is 0.405. The molecule has 1 fully saturated rings. The zero-order valence-electron chi connectivity index (χ0n) is 12.6. The molecule has 4 nitrogen and oxygen atoms in total. The summed E-state index contributed by atoms with van der Waals surface area (Å²) in [5.41, 5.74) is 0.947. The summed E-state index contributed by atoms with van der Waals surface area (Å²) in [5, 5.41) is 14.8. The highest BCUT2D eigenvalue weighted by Crippen LogP contribution is 2.27. The lowest BCUT2D eigenvalue weighted by Gasteiger charge is -2.27. The summed E-state index contributed by atoms with van der Waals surface area (Å²) >= 11 is 1.45. The maximum atomic E-state index is 12.1. The third-order valence-corrected chi connectivity index (χ3v) is 5.11. The van der Waals surface area contributed by atoms with E-state index in [9.17, 15) is 9.90 Å². The van der Waals surface area contributed by atoms with Gasteiger partial charge in [0.05, 0.1) is 17.6 Å². The number of hydrogen-bond donors (Lipinski definition) is 2. The molecule has 2 unspecified atom stereocenters. The summed E-state index contributed by atoms with van der Waals surface area (Å²) < 4.78 is 5.09. The predicted octanol–water partition coefficient (Wildman–Crippen LogP) is 2.96. The van der Waals surface area contributed by atoms with Crippen molar-refractivity contribution in [3.63, 3.8) is 0 Å². The van der Waals surface area contributed by atoms with Crippen molar-refractivity contribution in [1.29, 1.82) is 0 Å². The average molecular weight is 311 g/mol. The lowest BCUT2D eigenvalue weighted by atomic mass is 9.83. The number of hydrogen-bond acceptors (Lipinski definition) is 4. The molecule has 1 aliphatic rings. The first-order valence-electron chi connectivity index (χ1n) is 7.74. The Morgan fingerprint density at radius 1 is 1.48 bits per heavy atom. The zero-order valence-corrected chi connectivity index (χ0v) is 13.5. The summed E-state index contributed by atoms with van der Waals surface area (Å²) in [6.45, 7) is 1.15. The van der Waals surface area contributed by atoms with Gasteiger partial charge in [-0.1, -0.05) is 12.8 Å². The number of thiophene rings is 1. The van der Waals surface area contributed by atoms with E-state index in [1.165, 1.54) is 17.8 Å². The molecule has 1 amide bonds. The van der Waals surface area contributed by atoms with Gasteiger partial charge >= 0.3 is 0 Å². The zero-order chi connectivity index (χ0) is 15.1. The Morgan fingerprint density at radius 2 is 2.29 bits per heavy atom. The van der Waals surface area contributed by atoms with Gasteiger partial charge < -0.3 is 15.2 Å². The van der Waals surface area contributed by atoms with Crippen LogP contribution in [-0.4, -0.2) is 30.8 Å². The SMILES string of the molecule is COCc1ccsc1C(=O)NCCCC1CCCCC1O. The molecule has 0 saturated heterocycles. The first kappa shape index (κ1) is 16.5. The molecule has 1 aromatic rings. The van der Waals surface area contributed by atoms with E-state index >= 15 is 0 Å². The molecular formula is C16H25NO3S. The fraction of sp³-hybridized carbons (Fsp3) is 0.688. The van der Waals surface area contributed by atoms with Gasteiger partial charge in [-0.15, -0.1) is 11.3 Å². The molecule has 0 aliphatic heterocycles. The van der Waals surface area contributed by atoms with Crippen molar-refractivity contribution in [3.05, 3.63) is 21.9 Å². The minimum atomic E-state index is -0.139. The molecule has 0 aromatic carbocycles. The van der Waals surface area contributed by atoms with E-state index in [1.807, 2.05) is 11.4 Å². The topological polar surface area (TPSA) is 58.6 Å². The Labute approximate surface area is 130 Å². The molecule has 2 N–H and O–H groups in total. The number of aliphatic hydroxyl groups is 1. The number of aliphatic hydroxyl groups excluding tert-OH is 1. The second-order valence-corrected chi connectivity index (χ2v) is 6.63. The molecular weight excluding hydrogens is 286 g/mol. The Morgan fingerprint density at radius 3 is 3.05 bits per heavy atom. The van der Waals surface area contributed by atoms with E-state index in [0.717, 1.165) is 42.5 Å². The van der Waals surface area contributed by atoms with Gasteiger partial charge in [-0.2, -0.15) is 0 Å². The van der Waals surface area contributed by atoms with E-state index < -0.39 is 0 Å². The van der Waals surface area contributed by atoms with Crippen molar-refractivity contribution < 1.29 is 14.6 Å². The molecule has 1 aliphatic carbocycles. The van der Waals surface area contributed by atoms with Crippen molar-refractivity contribution in [3.8, 4) is 0 Å². The molecule has 1 heterocycles. The maximum absolute atomic E-state index is 12.1.